The van der Waals surface area contributed by atoms with Crippen molar-refractivity contribution in [3.63, 3.8) is 0 Å². The van der Waals surface area contributed by atoms with E-state index < -0.39 is 0 Å². The summed E-state index contributed by atoms with van der Waals surface area (Å²) >= 11 is 3.13. The van der Waals surface area contributed by atoms with Gasteiger partial charge < -0.3 is 15.8 Å². The van der Waals surface area contributed by atoms with Crippen LogP contribution in [0.1, 0.15) is 26.3 Å². The lowest BCUT2D eigenvalue weighted by atomic mass is 10.0. The van der Waals surface area contributed by atoms with Gasteiger partial charge in [0.1, 0.15) is 6.29 Å². The van der Waals surface area contributed by atoms with Crippen LogP contribution in [-0.2, 0) is 11.2 Å². The van der Waals surface area contributed by atoms with Crippen LogP contribution < -0.4 is 11.1 Å². The van der Waals surface area contributed by atoms with Gasteiger partial charge in [0, 0.05) is 12.5 Å². The van der Waals surface area contributed by atoms with Gasteiger partial charge in [0.2, 0.25) is 0 Å². The van der Waals surface area contributed by atoms with Gasteiger partial charge in [-0.05, 0) is 48.4 Å². The first kappa shape index (κ1) is 23.9. The van der Waals surface area contributed by atoms with Crippen molar-refractivity contribution >= 4 is 55.6 Å². The van der Waals surface area contributed by atoms with Crippen LogP contribution >= 0.6 is 23.1 Å². The Labute approximate surface area is 187 Å². The van der Waals surface area contributed by atoms with Crippen molar-refractivity contribution in [2.24, 2.45) is 22.6 Å². The minimum absolute atomic E-state index is 0.222. The number of nitrogens with zero attached hydrogens (tertiary/aromatic N) is 2. The fourth-order valence-electron chi connectivity index (χ4n) is 2.37. The molecule has 0 fully saturated rings. The lowest BCUT2D eigenvalue weighted by Gasteiger charge is -2.04. The summed E-state index contributed by atoms with van der Waals surface area (Å²) in [4.78, 5) is 18.9. The van der Waals surface area contributed by atoms with Crippen molar-refractivity contribution in [2.45, 2.75) is 27.2 Å². The van der Waals surface area contributed by atoms with Crippen molar-refractivity contribution in [3.05, 3.63) is 54.1 Å². The van der Waals surface area contributed by atoms with E-state index in [-0.39, 0.29) is 5.92 Å². The molecule has 0 aliphatic rings. The number of anilines is 1. The van der Waals surface area contributed by atoms with Crippen molar-refractivity contribution in [1.82, 2.24) is 4.98 Å². The number of hydrogen-bond donors (Lipinski definition) is 2. The second-order valence-electron chi connectivity index (χ2n) is 7.23. The Morgan fingerprint density at radius 3 is 2.63 bits per heavy atom. The fraction of sp³-hybridized carbons (Fsp3) is 0.348. The summed E-state index contributed by atoms with van der Waals surface area (Å²) in [5.74, 6) is 0.720. The average Bonchev–Trinajstić information content (AvgIpc) is 3.16. The zero-order valence-electron chi connectivity index (χ0n) is 18.0. The number of amidine groups is 1. The van der Waals surface area contributed by atoms with Gasteiger partial charge in [-0.3, -0.25) is 0 Å². The average molecular weight is 443 g/mol. The molecule has 0 aliphatic carbocycles. The van der Waals surface area contributed by atoms with Crippen molar-refractivity contribution in [2.75, 3.05) is 18.1 Å². The summed E-state index contributed by atoms with van der Waals surface area (Å²) in [5, 5.41) is 4.94. The molecule has 3 aromatic rings. The highest BCUT2D eigenvalue weighted by Gasteiger charge is 2.03. The zero-order valence-corrected chi connectivity index (χ0v) is 19.6. The van der Waals surface area contributed by atoms with E-state index in [0.29, 0.717) is 11.1 Å². The van der Waals surface area contributed by atoms with E-state index in [1.165, 1.54) is 22.0 Å². The van der Waals surface area contributed by atoms with E-state index in [9.17, 15) is 4.79 Å². The number of nitrogens with two attached hydrogens (primary N) is 1. The van der Waals surface area contributed by atoms with Crippen LogP contribution in [0.15, 0.2) is 53.5 Å². The summed E-state index contributed by atoms with van der Waals surface area (Å²) in [6.45, 7) is 6.85. The van der Waals surface area contributed by atoms with E-state index in [2.05, 4.69) is 33.5 Å². The quantitative estimate of drug-likeness (QED) is 0.277. The molecule has 0 saturated heterocycles. The Morgan fingerprint density at radius 2 is 2.00 bits per heavy atom. The number of benzene rings is 2. The first-order valence-electron chi connectivity index (χ1n) is 9.94. The molecule has 1 aromatic heterocycles. The first-order chi connectivity index (χ1) is 14.4. The monoisotopic (exact) mass is 442 g/mol. The van der Waals surface area contributed by atoms with E-state index in [0.717, 1.165) is 35.6 Å². The van der Waals surface area contributed by atoms with Crippen LogP contribution in [-0.4, -0.2) is 29.2 Å². The molecule has 1 heterocycles. The van der Waals surface area contributed by atoms with Gasteiger partial charge in [-0.15, -0.1) is 0 Å². The normalized spacial score (nSPS) is 12.4. The maximum atomic E-state index is 9.95. The Balaban J connectivity index is 0.000000396. The largest absolute Gasteiger partial charge is 0.378 e. The predicted molar refractivity (Wildman–Crippen MR) is 133 cm³/mol. The Bertz CT molecular complexity index is 936. The molecule has 0 spiro atoms. The Kier molecular flexibility index (Phi) is 9.83. The van der Waals surface area contributed by atoms with Crippen molar-refractivity contribution in [1.29, 1.82) is 0 Å². The molecule has 3 rings (SSSR count). The Hall–Kier alpha value is -2.38. The number of thiazole rings is 1. The summed E-state index contributed by atoms with van der Waals surface area (Å²) in [6.07, 6.45) is 3.83. The zero-order chi connectivity index (χ0) is 21.9. The molecule has 0 bridgehead atoms. The van der Waals surface area contributed by atoms with Gasteiger partial charge in [-0.25, -0.2) is 9.98 Å². The van der Waals surface area contributed by atoms with E-state index in [1.807, 2.05) is 57.4 Å². The number of aliphatic imine (C=N–C) groups is 1. The molecular formula is C23H30N4OS2. The molecule has 7 heteroatoms. The molecule has 0 radical (unpaired) electrons. The van der Waals surface area contributed by atoms with Crippen LogP contribution in [0.3, 0.4) is 0 Å². The standard InChI is InChI=1S/C17H18N4S2.C6H12O/c1-22-16(18)20-13-6-4-5-12(11-13)9-10-19-17-21-14-7-2-3-8-15(14)23-17;1-5(2)6(3)4-7/h2-8,11H,9-10H2,1H3,(H2,18,20)(H,19,21);4-6H,1-3H3. The minimum Gasteiger partial charge on any atom is -0.378 e. The number of rotatable bonds is 7. The summed E-state index contributed by atoms with van der Waals surface area (Å²) in [6, 6.07) is 16.3. The van der Waals surface area contributed by atoms with Gasteiger partial charge in [0.05, 0.1) is 15.9 Å². The number of thioether (sulfide) groups is 1. The van der Waals surface area contributed by atoms with Crippen molar-refractivity contribution in [3.8, 4) is 0 Å². The SMILES string of the molecule is CC(C)C(C)C=O.CSC(N)=Nc1cccc(CCNc2nc3ccccc3s2)c1. The molecule has 5 nitrogen and oxygen atoms in total. The number of fused-ring (bicyclic) bond motifs is 1. The van der Waals surface area contributed by atoms with Crippen LogP contribution in [0, 0.1) is 11.8 Å². The third kappa shape index (κ3) is 7.80. The number of para-hydroxylation sites is 1. The number of aromatic nitrogens is 1. The van der Waals surface area contributed by atoms with Crippen LogP contribution in [0.4, 0.5) is 10.8 Å². The number of carbonyl (C=O) groups excluding carboxylic acids is 1. The molecule has 1 unspecified atom stereocenters. The second-order valence-corrected chi connectivity index (χ2v) is 9.08. The third-order valence-electron chi connectivity index (χ3n) is 4.61. The lowest BCUT2D eigenvalue weighted by molar-refractivity contribution is -0.111. The minimum atomic E-state index is 0.222. The van der Waals surface area contributed by atoms with Gasteiger partial charge in [0.25, 0.3) is 0 Å². The third-order valence-corrected chi connectivity index (χ3v) is 6.11. The molecule has 160 valence electrons. The van der Waals surface area contributed by atoms with Gasteiger partial charge >= 0.3 is 0 Å². The van der Waals surface area contributed by atoms with Gasteiger partial charge in [-0.2, -0.15) is 0 Å². The highest BCUT2D eigenvalue weighted by atomic mass is 32.2. The number of nitrogens with one attached hydrogen (secondary N) is 1. The molecule has 3 N–H and O–H groups in total. The lowest BCUT2D eigenvalue weighted by Crippen LogP contribution is -2.05. The second kappa shape index (κ2) is 12.3. The predicted octanol–water partition coefficient (Wildman–Crippen LogP) is 5.74. The maximum absolute atomic E-state index is 9.95. The molecule has 2 aromatic carbocycles. The summed E-state index contributed by atoms with van der Waals surface area (Å²) < 4.78 is 1.21. The maximum Gasteiger partial charge on any atom is 0.183 e. The molecular weight excluding hydrogens is 412 g/mol. The van der Waals surface area contributed by atoms with Crippen LogP contribution in [0.2, 0.25) is 0 Å². The van der Waals surface area contributed by atoms with Gasteiger partial charge in [-0.1, -0.05) is 68.1 Å². The fourth-order valence-corrected chi connectivity index (χ4v) is 3.46. The number of hydrogen-bond acceptors (Lipinski definition) is 6. The highest BCUT2D eigenvalue weighted by molar-refractivity contribution is 8.13. The topological polar surface area (TPSA) is 80.4 Å². The molecule has 0 saturated carbocycles. The number of aldehydes is 1. The van der Waals surface area contributed by atoms with E-state index >= 15 is 0 Å². The summed E-state index contributed by atoms with van der Waals surface area (Å²) in [7, 11) is 0. The molecule has 0 aliphatic heterocycles. The highest BCUT2D eigenvalue weighted by Crippen LogP contribution is 2.25. The summed E-state index contributed by atoms with van der Waals surface area (Å²) in [5.41, 5.74) is 8.93. The van der Waals surface area contributed by atoms with Crippen molar-refractivity contribution < 1.29 is 4.79 Å². The number of carbonyl (C=O) groups is 1. The first-order valence-corrected chi connectivity index (χ1v) is 12.0. The molecule has 0 amide bonds. The molecule has 1 atom stereocenters. The van der Waals surface area contributed by atoms with E-state index in [4.69, 9.17) is 5.73 Å². The Morgan fingerprint density at radius 1 is 1.23 bits per heavy atom. The van der Waals surface area contributed by atoms with Crippen LogP contribution in [0.5, 0.6) is 0 Å². The smallest absolute Gasteiger partial charge is 0.183 e. The van der Waals surface area contributed by atoms with Crippen LogP contribution in [0.25, 0.3) is 10.2 Å². The van der Waals surface area contributed by atoms with E-state index in [1.54, 1.807) is 11.3 Å². The van der Waals surface area contributed by atoms with Gasteiger partial charge in [0.15, 0.2) is 10.3 Å². The molecule has 30 heavy (non-hydrogen) atoms.